The van der Waals surface area contributed by atoms with Crippen molar-refractivity contribution in [1.29, 1.82) is 0 Å². The van der Waals surface area contributed by atoms with Crippen LogP contribution in [0.5, 0.6) is 0 Å². The van der Waals surface area contributed by atoms with Crippen molar-refractivity contribution in [3.63, 3.8) is 0 Å². The lowest BCUT2D eigenvalue weighted by atomic mass is 10.1. The van der Waals surface area contributed by atoms with Gasteiger partial charge in [0, 0.05) is 29.3 Å². The van der Waals surface area contributed by atoms with Crippen molar-refractivity contribution >= 4 is 38.8 Å². The Morgan fingerprint density at radius 3 is 2.53 bits per heavy atom. The Hall–Kier alpha value is -0.650. The second-order valence-electron chi connectivity index (χ2n) is 4.70. The number of thiocarbonyl (C=S) groups is 1. The van der Waals surface area contributed by atoms with E-state index in [1.807, 2.05) is 30.1 Å². The molecule has 1 aromatic rings. The zero-order chi connectivity index (χ0) is 13.2. The summed E-state index contributed by atoms with van der Waals surface area (Å²) in [7, 11) is 1.93. The van der Waals surface area contributed by atoms with Gasteiger partial charge in [0.05, 0.1) is 5.60 Å². The number of halogens is 1. The van der Waals surface area contributed by atoms with Crippen LogP contribution in [0.2, 0.25) is 0 Å². The van der Waals surface area contributed by atoms with Gasteiger partial charge in [-0.05, 0) is 48.0 Å². The first-order valence-electron chi connectivity index (χ1n) is 5.23. The highest BCUT2D eigenvalue weighted by atomic mass is 79.9. The Labute approximate surface area is 116 Å². The smallest absolute Gasteiger partial charge is 0.105 e. The molecule has 1 rings (SSSR count). The first kappa shape index (κ1) is 14.4. The molecule has 0 aliphatic rings. The summed E-state index contributed by atoms with van der Waals surface area (Å²) in [5.41, 5.74) is 6.68. The number of nitrogens with zero attached hydrogens (tertiary/aromatic N) is 1. The third kappa shape index (κ3) is 4.26. The maximum atomic E-state index is 9.77. The fourth-order valence-electron chi connectivity index (χ4n) is 1.61. The largest absolute Gasteiger partial charge is 0.389 e. The van der Waals surface area contributed by atoms with Crippen molar-refractivity contribution < 1.29 is 5.11 Å². The van der Waals surface area contributed by atoms with E-state index < -0.39 is 5.60 Å². The zero-order valence-electron chi connectivity index (χ0n) is 10.2. The highest BCUT2D eigenvalue weighted by Crippen LogP contribution is 2.24. The maximum Gasteiger partial charge on any atom is 0.105 e. The third-order valence-corrected chi connectivity index (χ3v) is 3.16. The Morgan fingerprint density at radius 1 is 1.53 bits per heavy atom. The predicted molar refractivity (Wildman–Crippen MR) is 79.6 cm³/mol. The van der Waals surface area contributed by atoms with Crippen molar-refractivity contribution in [2.45, 2.75) is 19.4 Å². The summed E-state index contributed by atoms with van der Waals surface area (Å²) in [5, 5.41) is 9.77. The molecule has 3 nitrogen and oxygen atoms in total. The molecule has 0 aliphatic heterocycles. The molecule has 0 aliphatic carbocycles. The van der Waals surface area contributed by atoms with Crippen LogP contribution in [0.1, 0.15) is 19.4 Å². The molecule has 0 spiro atoms. The van der Waals surface area contributed by atoms with Gasteiger partial charge in [0.2, 0.25) is 0 Å². The molecule has 0 saturated carbocycles. The molecular formula is C12H17BrN2OS. The minimum Gasteiger partial charge on any atom is -0.389 e. The van der Waals surface area contributed by atoms with Crippen LogP contribution in [0.4, 0.5) is 5.69 Å². The predicted octanol–water partition coefficient (Wildman–Crippen LogP) is 2.29. The number of rotatable bonds is 4. The Morgan fingerprint density at radius 2 is 2.12 bits per heavy atom. The van der Waals surface area contributed by atoms with Crippen LogP contribution in [0.25, 0.3) is 0 Å². The first-order valence-corrected chi connectivity index (χ1v) is 6.44. The molecule has 0 unspecified atom stereocenters. The van der Waals surface area contributed by atoms with E-state index in [4.69, 9.17) is 18.0 Å². The van der Waals surface area contributed by atoms with E-state index in [9.17, 15) is 5.11 Å². The second-order valence-corrected chi connectivity index (χ2v) is 5.99. The highest BCUT2D eigenvalue weighted by Gasteiger charge is 2.16. The highest BCUT2D eigenvalue weighted by molar-refractivity contribution is 9.10. The van der Waals surface area contributed by atoms with Crippen LogP contribution in [0.15, 0.2) is 22.7 Å². The van der Waals surface area contributed by atoms with Crippen molar-refractivity contribution in [3.05, 3.63) is 28.2 Å². The lowest BCUT2D eigenvalue weighted by Gasteiger charge is -2.27. The van der Waals surface area contributed by atoms with Crippen molar-refractivity contribution in [2.75, 3.05) is 18.5 Å². The number of benzene rings is 1. The molecule has 94 valence electrons. The minimum absolute atomic E-state index is 0.369. The SMILES string of the molecule is CN(CC(C)(C)O)c1ccc(C(N)=S)c(Br)c1. The summed E-state index contributed by atoms with van der Waals surface area (Å²) in [5.74, 6) is 0. The fraction of sp³-hybridized carbons (Fsp3) is 0.417. The van der Waals surface area contributed by atoms with E-state index in [0.717, 1.165) is 15.7 Å². The normalized spacial score (nSPS) is 11.4. The third-order valence-electron chi connectivity index (χ3n) is 2.28. The average Bonchev–Trinajstić information content (AvgIpc) is 2.14. The first-order chi connectivity index (χ1) is 7.70. The summed E-state index contributed by atoms with van der Waals surface area (Å²) >= 11 is 8.38. The van der Waals surface area contributed by atoms with Gasteiger partial charge in [0.25, 0.3) is 0 Å². The molecule has 3 N–H and O–H groups in total. The van der Waals surface area contributed by atoms with Crippen LogP contribution in [-0.2, 0) is 0 Å². The number of nitrogens with two attached hydrogens (primary N) is 1. The molecule has 0 saturated heterocycles. The van der Waals surface area contributed by atoms with E-state index in [1.165, 1.54) is 0 Å². The molecular weight excluding hydrogens is 300 g/mol. The molecule has 17 heavy (non-hydrogen) atoms. The van der Waals surface area contributed by atoms with Gasteiger partial charge in [-0.1, -0.05) is 12.2 Å². The van der Waals surface area contributed by atoms with E-state index >= 15 is 0 Å². The monoisotopic (exact) mass is 316 g/mol. The van der Waals surface area contributed by atoms with Crippen molar-refractivity contribution in [3.8, 4) is 0 Å². The quantitative estimate of drug-likeness (QED) is 0.837. The van der Waals surface area contributed by atoms with E-state index in [1.54, 1.807) is 13.8 Å². The van der Waals surface area contributed by atoms with Crippen LogP contribution < -0.4 is 10.6 Å². The zero-order valence-corrected chi connectivity index (χ0v) is 12.6. The topological polar surface area (TPSA) is 49.5 Å². The van der Waals surface area contributed by atoms with E-state index in [-0.39, 0.29) is 0 Å². The van der Waals surface area contributed by atoms with Gasteiger partial charge in [-0.15, -0.1) is 0 Å². The van der Waals surface area contributed by atoms with Crippen LogP contribution >= 0.6 is 28.1 Å². The lowest BCUT2D eigenvalue weighted by Crippen LogP contribution is -2.36. The van der Waals surface area contributed by atoms with Gasteiger partial charge in [-0.2, -0.15) is 0 Å². The number of aliphatic hydroxyl groups is 1. The molecule has 0 radical (unpaired) electrons. The van der Waals surface area contributed by atoms with E-state index in [2.05, 4.69) is 15.9 Å². The van der Waals surface area contributed by atoms with Gasteiger partial charge >= 0.3 is 0 Å². The molecule has 5 heteroatoms. The Kier molecular flexibility index (Phi) is 4.52. The standard InChI is InChI=1S/C12H17BrN2OS/c1-12(2,16)7-15(3)8-4-5-9(11(14)17)10(13)6-8/h4-6,16H,7H2,1-3H3,(H2,14,17). The molecule has 0 fully saturated rings. The number of likely N-dealkylation sites (N-methyl/N-ethyl adjacent to an activating group) is 1. The lowest BCUT2D eigenvalue weighted by molar-refractivity contribution is 0.0886. The van der Waals surface area contributed by atoms with Crippen LogP contribution in [0, 0.1) is 0 Å². The van der Waals surface area contributed by atoms with E-state index in [0.29, 0.717) is 11.5 Å². The minimum atomic E-state index is -0.733. The molecule has 0 heterocycles. The summed E-state index contributed by atoms with van der Waals surface area (Å²) in [6.45, 7) is 4.11. The number of hydrogen-bond acceptors (Lipinski definition) is 3. The van der Waals surface area contributed by atoms with Crippen molar-refractivity contribution in [2.24, 2.45) is 5.73 Å². The molecule has 0 bridgehead atoms. The molecule has 0 aromatic heterocycles. The molecule has 0 atom stereocenters. The van der Waals surface area contributed by atoms with Crippen LogP contribution in [0.3, 0.4) is 0 Å². The summed E-state index contributed by atoms with van der Waals surface area (Å²) in [6, 6.07) is 5.76. The summed E-state index contributed by atoms with van der Waals surface area (Å²) in [6.07, 6.45) is 0. The summed E-state index contributed by atoms with van der Waals surface area (Å²) < 4.78 is 0.866. The fourth-order valence-corrected chi connectivity index (χ4v) is 2.50. The Bertz CT molecular complexity index is 429. The van der Waals surface area contributed by atoms with Gasteiger partial charge in [0.15, 0.2) is 0 Å². The van der Waals surface area contributed by atoms with Crippen LogP contribution in [-0.4, -0.2) is 29.3 Å². The number of hydrogen-bond donors (Lipinski definition) is 2. The second kappa shape index (κ2) is 5.33. The van der Waals surface area contributed by atoms with Gasteiger partial charge < -0.3 is 15.7 Å². The summed E-state index contributed by atoms with van der Waals surface area (Å²) in [4.78, 5) is 2.35. The molecule has 0 amide bonds. The average molecular weight is 317 g/mol. The van der Waals surface area contributed by atoms with Gasteiger partial charge in [0.1, 0.15) is 4.99 Å². The Balaban J connectivity index is 2.94. The molecule has 1 aromatic carbocycles. The maximum absolute atomic E-state index is 9.77. The van der Waals surface area contributed by atoms with Crippen molar-refractivity contribution in [1.82, 2.24) is 0 Å². The van der Waals surface area contributed by atoms with Gasteiger partial charge in [-0.25, -0.2) is 0 Å². The number of anilines is 1. The van der Waals surface area contributed by atoms with Gasteiger partial charge in [-0.3, -0.25) is 0 Å².